The Hall–Kier alpha value is -4.91. The third kappa shape index (κ3) is 5.90. The first-order valence-electron chi connectivity index (χ1n) is 12.4. The lowest BCUT2D eigenvalue weighted by atomic mass is 9.87. The molecule has 0 saturated heterocycles. The lowest BCUT2D eigenvalue weighted by Crippen LogP contribution is -2.25. The third-order valence-electron chi connectivity index (χ3n) is 6.51. The van der Waals surface area contributed by atoms with Crippen LogP contribution >= 0.6 is 0 Å². The second-order valence-electron chi connectivity index (χ2n) is 9.10. The highest BCUT2D eigenvalue weighted by molar-refractivity contribution is 5.87. The van der Waals surface area contributed by atoms with Crippen LogP contribution in [0.1, 0.15) is 34.6 Å². The van der Waals surface area contributed by atoms with Crippen LogP contribution in [0.25, 0.3) is 10.9 Å². The van der Waals surface area contributed by atoms with Crippen molar-refractivity contribution in [1.82, 2.24) is 10.3 Å². The molecule has 1 heterocycles. The highest BCUT2D eigenvalue weighted by Gasteiger charge is 2.23. The molecule has 0 spiro atoms. The second kappa shape index (κ2) is 11.4. The number of benzene rings is 4. The van der Waals surface area contributed by atoms with Crippen molar-refractivity contribution < 1.29 is 14.5 Å². The molecule has 5 aromatic rings. The molecule has 0 radical (unpaired) electrons. The monoisotopic (exact) mass is 505 g/mol. The standard InChI is InChI=1S/C31H27N3O4/c35-31(33-19-22-8-3-1-4-9-22)18-27(29-20-32-30-15-14-25(34(36)37)17-28(29)30)24-12-7-13-26(16-24)38-21-23-10-5-2-6-11-23/h1-17,20,27,32H,18-19,21H2,(H,33,35). The minimum Gasteiger partial charge on any atom is -0.489 e. The number of nitro benzene ring substituents is 1. The minimum atomic E-state index is -0.407. The summed E-state index contributed by atoms with van der Waals surface area (Å²) in [5, 5.41) is 15.2. The lowest BCUT2D eigenvalue weighted by Gasteiger charge is -2.18. The largest absolute Gasteiger partial charge is 0.489 e. The summed E-state index contributed by atoms with van der Waals surface area (Å²) >= 11 is 0. The number of aromatic amines is 1. The van der Waals surface area contributed by atoms with Gasteiger partial charge in [-0.05, 0) is 40.5 Å². The van der Waals surface area contributed by atoms with Crippen molar-refractivity contribution in [3.63, 3.8) is 0 Å². The summed E-state index contributed by atoms with van der Waals surface area (Å²) in [5.74, 6) is 0.225. The normalized spacial score (nSPS) is 11.7. The minimum absolute atomic E-state index is 0.00516. The van der Waals surface area contributed by atoms with Gasteiger partial charge in [0.25, 0.3) is 5.69 Å². The number of nitrogens with one attached hydrogen (secondary N) is 2. The van der Waals surface area contributed by atoms with Crippen LogP contribution in [0.2, 0.25) is 0 Å². The average molecular weight is 506 g/mol. The number of rotatable bonds is 10. The molecule has 1 atom stereocenters. The van der Waals surface area contributed by atoms with Gasteiger partial charge in [-0.25, -0.2) is 0 Å². The number of carbonyl (C=O) groups excluding carboxylic acids is 1. The van der Waals surface area contributed by atoms with Gasteiger partial charge >= 0.3 is 0 Å². The Kier molecular flexibility index (Phi) is 7.45. The molecule has 7 heteroatoms. The number of carbonyl (C=O) groups is 1. The van der Waals surface area contributed by atoms with Gasteiger partial charge in [-0.1, -0.05) is 72.8 Å². The van der Waals surface area contributed by atoms with E-state index in [1.165, 1.54) is 6.07 Å². The van der Waals surface area contributed by atoms with Crippen molar-refractivity contribution in [3.05, 3.63) is 142 Å². The van der Waals surface area contributed by atoms with Crippen LogP contribution in [0.3, 0.4) is 0 Å². The topological polar surface area (TPSA) is 97.3 Å². The molecule has 0 saturated carbocycles. The van der Waals surface area contributed by atoms with Crippen molar-refractivity contribution in [2.75, 3.05) is 0 Å². The molecule has 1 unspecified atom stereocenters. The van der Waals surface area contributed by atoms with E-state index >= 15 is 0 Å². The number of ether oxygens (including phenoxy) is 1. The number of H-pyrrole nitrogens is 1. The Morgan fingerprint density at radius 3 is 2.37 bits per heavy atom. The zero-order valence-corrected chi connectivity index (χ0v) is 20.7. The van der Waals surface area contributed by atoms with Gasteiger partial charge in [-0.15, -0.1) is 0 Å². The molecule has 38 heavy (non-hydrogen) atoms. The molecule has 0 bridgehead atoms. The molecule has 5 rings (SSSR count). The van der Waals surface area contributed by atoms with Gasteiger partial charge in [0, 0.05) is 48.1 Å². The van der Waals surface area contributed by atoms with E-state index in [1.807, 2.05) is 91.1 Å². The van der Waals surface area contributed by atoms with E-state index < -0.39 is 4.92 Å². The van der Waals surface area contributed by atoms with Crippen LogP contribution in [0, 0.1) is 10.1 Å². The van der Waals surface area contributed by atoms with Crippen LogP contribution in [0.5, 0.6) is 5.75 Å². The fourth-order valence-electron chi connectivity index (χ4n) is 4.56. The number of hydrogen-bond acceptors (Lipinski definition) is 4. The highest BCUT2D eigenvalue weighted by Crippen LogP contribution is 2.36. The molecule has 7 nitrogen and oxygen atoms in total. The van der Waals surface area contributed by atoms with Gasteiger partial charge in [0.15, 0.2) is 0 Å². The molecule has 0 aliphatic carbocycles. The second-order valence-corrected chi connectivity index (χ2v) is 9.10. The zero-order valence-electron chi connectivity index (χ0n) is 20.7. The van der Waals surface area contributed by atoms with E-state index in [0.717, 1.165) is 33.2 Å². The molecule has 0 fully saturated rings. The maximum Gasteiger partial charge on any atom is 0.270 e. The summed E-state index contributed by atoms with van der Waals surface area (Å²) in [4.78, 5) is 27.4. The van der Waals surface area contributed by atoms with Gasteiger partial charge in [-0.3, -0.25) is 14.9 Å². The van der Waals surface area contributed by atoms with E-state index in [1.54, 1.807) is 12.1 Å². The van der Waals surface area contributed by atoms with Crippen LogP contribution in [-0.4, -0.2) is 15.8 Å². The van der Waals surface area contributed by atoms with E-state index in [-0.39, 0.29) is 23.9 Å². The summed E-state index contributed by atoms with van der Waals surface area (Å²) in [6, 6.07) is 32.1. The number of amides is 1. The smallest absolute Gasteiger partial charge is 0.270 e. The lowest BCUT2D eigenvalue weighted by molar-refractivity contribution is -0.384. The van der Waals surface area contributed by atoms with Gasteiger partial charge < -0.3 is 15.0 Å². The maximum atomic E-state index is 13.1. The van der Waals surface area contributed by atoms with E-state index in [0.29, 0.717) is 18.9 Å². The van der Waals surface area contributed by atoms with E-state index in [4.69, 9.17) is 4.74 Å². The van der Waals surface area contributed by atoms with Gasteiger partial charge in [-0.2, -0.15) is 0 Å². The van der Waals surface area contributed by atoms with Gasteiger partial charge in [0.1, 0.15) is 12.4 Å². The predicted molar refractivity (Wildman–Crippen MR) is 147 cm³/mol. The summed E-state index contributed by atoms with van der Waals surface area (Å²) in [6.45, 7) is 0.845. The number of fused-ring (bicyclic) bond motifs is 1. The Labute approximate surface area is 220 Å². The molecule has 1 amide bonds. The summed E-state index contributed by atoms with van der Waals surface area (Å²) < 4.78 is 6.05. The molecule has 0 aliphatic heterocycles. The number of non-ortho nitro benzene ring substituents is 1. The molecule has 190 valence electrons. The summed E-state index contributed by atoms with van der Waals surface area (Å²) in [5.41, 5.74) is 4.55. The fourth-order valence-corrected chi connectivity index (χ4v) is 4.56. The van der Waals surface area contributed by atoms with Crippen LogP contribution < -0.4 is 10.1 Å². The van der Waals surface area contributed by atoms with Crippen LogP contribution in [0.4, 0.5) is 5.69 Å². The Bertz CT molecular complexity index is 1550. The fraction of sp³-hybridized carbons (Fsp3) is 0.129. The Morgan fingerprint density at radius 1 is 0.895 bits per heavy atom. The van der Waals surface area contributed by atoms with E-state index in [9.17, 15) is 14.9 Å². The number of hydrogen-bond donors (Lipinski definition) is 2. The maximum absolute atomic E-state index is 13.1. The first-order chi connectivity index (χ1) is 18.6. The third-order valence-corrected chi connectivity index (χ3v) is 6.51. The average Bonchev–Trinajstić information content (AvgIpc) is 3.38. The first kappa shape index (κ1) is 24.8. The number of nitrogens with zero attached hydrogens (tertiary/aromatic N) is 1. The molecular weight excluding hydrogens is 478 g/mol. The highest BCUT2D eigenvalue weighted by atomic mass is 16.6. The van der Waals surface area contributed by atoms with Crippen molar-refractivity contribution in [3.8, 4) is 5.75 Å². The van der Waals surface area contributed by atoms with Crippen molar-refractivity contribution in [2.24, 2.45) is 0 Å². The summed E-state index contributed by atoms with van der Waals surface area (Å²) in [6.07, 6.45) is 2.01. The molecule has 1 aromatic heterocycles. The van der Waals surface area contributed by atoms with Crippen molar-refractivity contribution in [1.29, 1.82) is 0 Å². The van der Waals surface area contributed by atoms with Crippen LogP contribution in [-0.2, 0) is 17.9 Å². The SMILES string of the molecule is O=C(CC(c1cccc(OCc2ccccc2)c1)c1c[nH]c2ccc([N+](=O)[O-])cc12)NCc1ccccc1. The molecule has 0 aliphatic rings. The predicted octanol–water partition coefficient (Wildman–Crippen LogP) is 6.49. The molecule has 2 N–H and O–H groups in total. The molecular formula is C31H27N3O4. The van der Waals surface area contributed by atoms with Gasteiger partial charge in [0.2, 0.25) is 5.91 Å². The molecule has 4 aromatic carbocycles. The quantitative estimate of drug-likeness (QED) is 0.167. The zero-order chi connectivity index (χ0) is 26.3. The first-order valence-corrected chi connectivity index (χ1v) is 12.4. The van der Waals surface area contributed by atoms with Crippen LogP contribution in [0.15, 0.2) is 109 Å². The number of nitro groups is 1. The van der Waals surface area contributed by atoms with Crippen molar-refractivity contribution in [2.45, 2.75) is 25.5 Å². The summed E-state index contributed by atoms with van der Waals surface area (Å²) in [7, 11) is 0. The van der Waals surface area contributed by atoms with Gasteiger partial charge in [0.05, 0.1) is 4.92 Å². The Morgan fingerprint density at radius 2 is 1.63 bits per heavy atom. The number of aromatic nitrogens is 1. The van der Waals surface area contributed by atoms with Crippen molar-refractivity contribution >= 4 is 22.5 Å². The van der Waals surface area contributed by atoms with E-state index in [2.05, 4.69) is 10.3 Å². The Balaban J connectivity index is 1.44.